The third kappa shape index (κ3) is 2.71. The van der Waals surface area contributed by atoms with Gasteiger partial charge in [-0.05, 0) is 32.2 Å². The molecule has 1 atom stereocenters. The van der Waals surface area contributed by atoms with Crippen LogP contribution in [0.1, 0.15) is 80.6 Å². The highest BCUT2D eigenvalue weighted by atomic mass is 32.1. The number of hydrogen-bond donors (Lipinski definition) is 1. The summed E-state index contributed by atoms with van der Waals surface area (Å²) in [7, 11) is 0. The highest BCUT2D eigenvalue weighted by molar-refractivity contribution is 7.16. The fraction of sp³-hybridized carbons (Fsp3) is 0.800. The molecule has 0 amide bonds. The molecule has 114 valence electrons. The van der Waals surface area contributed by atoms with Crippen molar-refractivity contribution < 1.29 is 0 Å². The Balaban J connectivity index is 1.62. The molecule has 2 fully saturated rings. The lowest BCUT2D eigenvalue weighted by molar-refractivity contribution is 0.422. The van der Waals surface area contributed by atoms with Crippen molar-refractivity contribution in [2.75, 3.05) is 6.54 Å². The molecule has 2 aromatic heterocycles. The Morgan fingerprint density at radius 2 is 1.76 bits per heavy atom. The molecule has 4 rings (SSSR count). The largest absolute Gasteiger partial charge is 0.308 e. The molecular formula is C15H23N5S. The van der Waals surface area contributed by atoms with Crippen LogP contribution in [-0.2, 0) is 0 Å². The molecule has 2 aliphatic rings. The van der Waals surface area contributed by atoms with Gasteiger partial charge in [0.25, 0.3) is 0 Å². The van der Waals surface area contributed by atoms with E-state index < -0.39 is 0 Å². The predicted molar refractivity (Wildman–Crippen MR) is 83.7 cm³/mol. The smallest absolute Gasteiger partial charge is 0.234 e. The monoisotopic (exact) mass is 305 g/mol. The van der Waals surface area contributed by atoms with Crippen molar-refractivity contribution in [3.8, 4) is 0 Å². The minimum Gasteiger partial charge on any atom is -0.308 e. The van der Waals surface area contributed by atoms with Crippen LogP contribution in [0.15, 0.2) is 0 Å². The van der Waals surface area contributed by atoms with Gasteiger partial charge in [0.05, 0.1) is 6.04 Å². The second kappa shape index (κ2) is 6.01. The molecule has 1 aliphatic carbocycles. The van der Waals surface area contributed by atoms with Crippen molar-refractivity contribution in [3.63, 3.8) is 0 Å². The van der Waals surface area contributed by atoms with Gasteiger partial charge >= 0.3 is 0 Å². The first-order valence-corrected chi connectivity index (χ1v) is 9.19. The summed E-state index contributed by atoms with van der Waals surface area (Å²) in [4.78, 5) is 0.969. The van der Waals surface area contributed by atoms with Crippen LogP contribution in [0.4, 0.5) is 0 Å². The first-order chi connectivity index (χ1) is 10.4. The van der Waals surface area contributed by atoms with Crippen molar-refractivity contribution >= 4 is 16.3 Å². The minimum absolute atomic E-state index is 0.415. The van der Waals surface area contributed by atoms with Crippen molar-refractivity contribution in [1.29, 1.82) is 0 Å². The Kier molecular flexibility index (Phi) is 3.90. The lowest BCUT2D eigenvalue weighted by Gasteiger charge is -2.19. The molecule has 0 aromatic carbocycles. The highest BCUT2D eigenvalue weighted by Gasteiger charge is 2.25. The topological polar surface area (TPSA) is 55.1 Å². The molecule has 2 aromatic rings. The zero-order valence-corrected chi connectivity index (χ0v) is 13.2. The Labute approximate surface area is 129 Å². The predicted octanol–water partition coefficient (Wildman–Crippen LogP) is 3.44. The zero-order chi connectivity index (χ0) is 14.1. The third-order valence-corrected chi connectivity index (χ3v) is 5.87. The number of fused-ring (bicyclic) bond motifs is 1. The van der Waals surface area contributed by atoms with Crippen LogP contribution >= 0.6 is 11.3 Å². The summed E-state index contributed by atoms with van der Waals surface area (Å²) in [6.45, 7) is 1.11. The van der Waals surface area contributed by atoms with Gasteiger partial charge in [0.15, 0.2) is 5.82 Å². The van der Waals surface area contributed by atoms with E-state index in [1.165, 1.54) is 62.8 Å². The minimum atomic E-state index is 0.415. The Bertz CT molecular complexity index is 590. The second-order valence-electron chi connectivity index (χ2n) is 6.38. The van der Waals surface area contributed by atoms with Crippen LogP contribution in [0.5, 0.6) is 0 Å². The zero-order valence-electron chi connectivity index (χ0n) is 12.4. The summed E-state index contributed by atoms with van der Waals surface area (Å²) in [5.41, 5.74) is 0. The molecule has 21 heavy (non-hydrogen) atoms. The van der Waals surface area contributed by atoms with E-state index >= 15 is 0 Å². The molecule has 1 aliphatic heterocycles. The number of nitrogens with one attached hydrogen (secondary N) is 1. The van der Waals surface area contributed by atoms with E-state index in [1.54, 1.807) is 11.3 Å². The van der Waals surface area contributed by atoms with Gasteiger partial charge in [0.2, 0.25) is 4.96 Å². The molecule has 0 bridgehead atoms. The Morgan fingerprint density at radius 1 is 0.952 bits per heavy atom. The van der Waals surface area contributed by atoms with Crippen LogP contribution in [-0.4, -0.2) is 26.4 Å². The first kappa shape index (κ1) is 13.6. The van der Waals surface area contributed by atoms with Gasteiger partial charge in [0.1, 0.15) is 5.01 Å². The first-order valence-electron chi connectivity index (χ1n) is 8.37. The lowest BCUT2D eigenvalue weighted by atomic mass is 9.89. The number of hydrogen-bond acceptors (Lipinski definition) is 5. The van der Waals surface area contributed by atoms with Gasteiger partial charge in [-0.1, -0.05) is 43.4 Å². The molecule has 1 N–H and O–H groups in total. The van der Waals surface area contributed by atoms with E-state index in [-0.39, 0.29) is 0 Å². The van der Waals surface area contributed by atoms with Crippen molar-refractivity contribution in [3.05, 3.63) is 10.8 Å². The van der Waals surface area contributed by atoms with Crippen LogP contribution in [0.3, 0.4) is 0 Å². The maximum Gasteiger partial charge on any atom is 0.234 e. The molecule has 1 saturated carbocycles. The SMILES string of the molecule is C1CCC(c2nnc3sc(C4CCCCCN4)nn23)CC1. The molecule has 0 spiro atoms. The molecular weight excluding hydrogens is 282 g/mol. The highest BCUT2D eigenvalue weighted by Crippen LogP contribution is 2.33. The average molecular weight is 305 g/mol. The normalized spacial score (nSPS) is 25.2. The summed E-state index contributed by atoms with van der Waals surface area (Å²) >= 11 is 1.71. The van der Waals surface area contributed by atoms with Gasteiger partial charge in [-0.3, -0.25) is 0 Å². The quantitative estimate of drug-likeness (QED) is 0.923. The molecule has 3 heterocycles. The molecule has 5 nitrogen and oxygen atoms in total. The standard InChI is InChI=1S/C15H23N5S/c1-3-7-11(8-4-1)13-17-18-15-20(13)19-14(21-15)12-9-5-2-6-10-16-12/h11-12,16H,1-10H2. The van der Waals surface area contributed by atoms with E-state index in [1.807, 2.05) is 4.52 Å². The third-order valence-electron chi connectivity index (χ3n) is 4.86. The Hall–Kier alpha value is -1.01. The summed E-state index contributed by atoms with van der Waals surface area (Å²) in [6.07, 6.45) is 11.6. The molecule has 0 radical (unpaired) electrons. The van der Waals surface area contributed by atoms with E-state index in [0.717, 1.165) is 17.3 Å². The summed E-state index contributed by atoms with van der Waals surface area (Å²) in [5.74, 6) is 1.66. The fourth-order valence-electron chi connectivity index (χ4n) is 3.64. The van der Waals surface area contributed by atoms with Crippen molar-refractivity contribution in [2.45, 2.75) is 69.7 Å². The van der Waals surface area contributed by atoms with Gasteiger partial charge in [-0.15, -0.1) is 10.2 Å². The summed E-state index contributed by atoms with van der Waals surface area (Å²) in [5, 5.41) is 18.5. The van der Waals surface area contributed by atoms with Gasteiger partial charge in [-0.25, -0.2) is 0 Å². The van der Waals surface area contributed by atoms with Gasteiger partial charge in [0, 0.05) is 5.92 Å². The van der Waals surface area contributed by atoms with E-state index in [9.17, 15) is 0 Å². The maximum absolute atomic E-state index is 4.86. The van der Waals surface area contributed by atoms with Crippen LogP contribution < -0.4 is 5.32 Å². The summed E-state index contributed by atoms with van der Waals surface area (Å²) in [6, 6.07) is 0.415. The number of aromatic nitrogens is 4. The molecule has 1 saturated heterocycles. The van der Waals surface area contributed by atoms with Crippen molar-refractivity contribution in [1.82, 2.24) is 25.1 Å². The van der Waals surface area contributed by atoms with Gasteiger partial charge < -0.3 is 5.32 Å². The molecule has 1 unspecified atom stereocenters. The van der Waals surface area contributed by atoms with Crippen LogP contribution in [0.25, 0.3) is 4.96 Å². The lowest BCUT2D eigenvalue weighted by Crippen LogP contribution is -2.20. The Morgan fingerprint density at radius 3 is 2.67 bits per heavy atom. The number of rotatable bonds is 2. The van der Waals surface area contributed by atoms with Crippen LogP contribution in [0.2, 0.25) is 0 Å². The van der Waals surface area contributed by atoms with E-state index in [0.29, 0.717) is 12.0 Å². The fourth-order valence-corrected chi connectivity index (χ4v) is 4.60. The van der Waals surface area contributed by atoms with Crippen LogP contribution in [0, 0.1) is 0 Å². The summed E-state index contributed by atoms with van der Waals surface area (Å²) < 4.78 is 2.03. The second-order valence-corrected chi connectivity index (χ2v) is 7.37. The van der Waals surface area contributed by atoms with E-state index in [4.69, 9.17) is 5.10 Å². The number of nitrogens with zero attached hydrogens (tertiary/aromatic N) is 4. The van der Waals surface area contributed by atoms with Crippen molar-refractivity contribution in [2.24, 2.45) is 0 Å². The maximum atomic E-state index is 4.86. The molecule has 6 heteroatoms. The van der Waals surface area contributed by atoms with Gasteiger partial charge in [-0.2, -0.15) is 9.61 Å². The average Bonchev–Trinajstić information content (AvgIpc) is 2.99. The van der Waals surface area contributed by atoms with E-state index in [2.05, 4.69) is 15.5 Å².